The van der Waals surface area contributed by atoms with Crippen LogP contribution in [0.1, 0.15) is 65.9 Å². The van der Waals surface area contributed by atoms with E-state index in [0.29, 0.717) is 25.0 Å². The van der Waals surface area contributed by atoms with Crippen molar-refractivity contribution in [3.05, 3.63) is 52.9 Å². The molecule has 0 unspecified atom stereocenters. The highest BCUT2D eigenvalue weighted by Gasteiger charge is 2.25. The van der Waals surface area contributed by atoms with Crippen molar-refractivity contribution in [1.29, 1.82) is 0 Å². The third-order valence-electron chi connectivity index (χ3n) is 5.32. The van der Waals surface area contributed by atoms with Gasteiger partial charge in [0.2, 0.25) is 5.76 Å². The average molecular weight is 386 g/mol. The van der Waals surface area contributed by atoms with Gasteiger partial charge in [0.05, 0.1) is 12.3 Å². The first-order valence-electron chi connectivity index (χ1n) is 10.1. The second kappa shape index (κ2) is 9.85. The molecule has 3 rings (SSSR count). The molecule has 2 heterocycles. The number of carbonyl (C=O) groups excluding carboxylic acids is 1. The highest BCUT2D eigenvalue weighted by atomic mass is 16.5. The number of hydrogen-bond acceptors (Lipinski definition) is 5. The van der Waals surface area contributed by atoms with Crippen molar-refractivity contribution in [2.45, 2.75) is 45.1 Å². The molecule has 1 N–H and O–H groups in total. The van der Waals surface area contributed by atoms with Gasteiger partial charge in [0.15, 0.2) is 0 Å². The maximum atomic E-state index is 12.1. The lowest BCUT2D eigenvalue weighted by atomic mass is 9.94. The van der Waals surface area contributed by atoms with Gasteiger partial charge in [-0.3, -0.25) is 9.69 Å². The molecule has 1 fully saturated rings. The minimum atomic E-state index is -0.242. The Morgan fingerprint density at radius 1 is 1.36 bits per heavy atom. The van der Waals surface area contributed by atoms with Gasteiger partial charge in [0, 0.05) is 38.7 Å². The number of methoxy groups -OCH3 is 1. The Kier molecular flexibility index (Phi) is 7.23. The zero-order valence-electron chi connectivity index (χ0n) is 17.1. The SMILES string of the molecule is COCCNC(=O)c1cc([C@@H]2CCCN(Cc3ccc(C(C)C)cc3)C2)no1. The quantitative estimate of drug-likeness (QED) is 0.704. The van der Waals surface area contributed by atoms with Crippen molar-refractivity contribution in [3.8, 4) is 0 Å². The number of nitrogens with one attached hydrogen (secondary N) is 1. The Bertz CT molecular complexity index is 755. The van der Waals surface area contributed by atoms with E-state index in [9.17, 15) is 4.79 Å². The summed E-state index contributed by atoms with van der Waals surface area (Å²) in [5.41, 5.74) is 3.58. The minimum Gasteiger partial charge on any atom is -0.383 e. The fourth-order valence-electron chi connectivity index (χ4n) is 3.65. The Balaban J connectivity index is 1.56. The standard InChI is InChI=1S/C22H31N3O3/c1-16(2)18-8-6-17(7-9-18)14-25-11-4-5-19(15-25)20-13-21(28-24-20)22(26)23-10-12-27-3/h6-9,13,16,19H,4-5,10-12,14-15H2,1-3H3,(H,23,26)/t19-/m1/s1. The van der Waals surface area contributed by atoms with Gasteiger partial charge in [-0.05, 0) is 36.4 Å². The first-order valence-corrected chi connectivity index (χ1v) is 10.1. The third-order valence-corrected chi connectivity index (χ3v) is 5.32. The maximum absolute atomic E-state index is 12.1. The molecule has 0 bridgehead atoms. The number of likely N-dealkylation sites (tertiary alicyclic amines) is 1. The molecule has 0 saturated carbocycles. The van der Waals surface area contributed by atoms with E-state index in [4.69, 9.17) is 9.26 Å². The van der Waals surface area contributed by atoms with E-state index in [0.717, 1.165) is 38.2 Å². The average Bonchev–Trinajstić information content (AvgIpc) is 3.19. The van der Waals surface area contributed by atoms with E-state index in [1.807, 2.05) is 0 Å². The summed E-state index contributed by atoms with van der Waals surface area (Å²) in [5, 5.41) is 6.93. The van der Waals surface area contributed by atoms with Gasteiger partial charge >= 0.3 is 0 Å². The molecule has 1 atom stereocenters. The van der Waals surface area contributed by atoms with Crippen LogP contribution in [-0.2, 0) is 11.3 Å². The molecular weight excluding hydrogens is 354 g/mol. The molecule has 0 spiro atoms. The molecule has 1 saturated heterocycles. The van der Waals surface area contributed by atoms with Gasteiger partial charge < -0.3 is 14.6 Å². The number of amides is 1. The summed E-state index contributed by atoms with van der Waals surface area (Å²) in [6.45, 7) is 8.33. The molecule has 1 aromatic heterocycles. The summed E-state index contributed by atoms with van der Waals surface area (Å²) in [5.74, 6) is 0.885. The number of carbonyl (C=O) groups is 1. The third kappa shape index (κ3) is 5.42. The summed E-state index contributed by atoms with van der Waals surface area (Å²) in [6.07, 6.45) is 2.19. The molecule has 1 aromatic carbocycles. The molecule has 6 nitrogen and oxygen atoms in total. The fraction of sp³-hybridized carbons (Fsp3) is 0.545. The highest BCUT2D eigenvalue weighted by Crippen LogP contribution is 2.27. The van der Waals surface area contributed by atoms with Gasteiger partial charge in [0.25, 0.3) is 5.91 Å². The summed E-state index contributed by atoms with van der Waals surface area (Å²) >= 11 is 0. The summed E-state index contributed by atoms with van der Waals surface area (Å²) in [7, 11) is 1.60. The van der Waals surface area contributed by atoms with Gasteiger partial charge in [-0.1, -0.05) is 43.3 Å². The van der Waals surface area contributed by atoms with E-state index in [2.05, 4.69) is 53.5 Å². The van der Waals surface area contributed by atoms with Crippen LogP contribution in [-0.4, -0.2) is 49.3 Å². The number of piperidine rings is 1. The van der Waals surface area contributed by atoms with Crippen LogP contribution >= 0.6 is 0 Å². The number of aromatic nitrogens is 1. The molecule has 1 aliphatic heterocycles. The summed E-state index contributed by atoms with van der Waals surface area (Å²) in [4.78, 5) is 14.5. The van der Waals surface area contributed by atoms with Crippen LogP contribution < -0.4 is 5.32 Å². The minimum absolute atomic E-state index is 0.242. The molecule has 28 heavy (non-hydrogen) atoms. The van der Waals surface area contributed by atoms with Crippen LogP contribution in [0.4, 0.5) is 0 Å². The Morgan fingerprint density at radius 3 is 2.86 bits per heavy atom. The Hall–Kier alpha value is -2.18. The monoisotopic (exact) mass is 385 g/mol. The maximum Gasteiger partial charge on any atom is 0.289 e. The van der Waals surface area contributed by atoms with Crippen molar-refractivity contribution in [2.75, 3.05) is 33.4 Å². The zero-order chi connectivity index (χ0) is 19.9. The van der Waals surface area contributed by atoms with E-state index < -0.39 is 0 Å². The second-order valence-corrected chi connectivity index (χ2v) is 7.84. The predicted octanol–water partition coefficient (Wildman–Crippen LogP) is 3.55. The number of benzene rings is 1. The number of rotatable bonds is 8. The van der Waals surface area contributed by atoms with Crippen LogP contribution in [0, 0.1) is 0 Å². The number of ether oxygens (including phenoxy) is 1. The largest absolute Gasteiger partial charge is 0.383 e. The fourth-order valence-corrected chi connectivity index (χ4v) is 3.65. The van der Waals surface area contributed by atoms with Crippen molar-refractivity contribution in [3.63, 3.8) is 0 Å². The molecule has 6 heteroatoms. The van der Waals surface area contributed by atoms with Gasteiger partial charge in [0.1, 0.15) is 0 Å². The molecule has 1 amide bonds. The molecule has 2 aromatic rings. The van der Waals surface area contributed by atoms with E-state index >= 15 is 0 Å². The van der Waals surface area contributed by atoms with Gasteiger partial charge in [-0.15, -0.1) is 0 Å². The van der Waals surface area contributed by atoms with Crippen molar-refractivity contribution in [2.24, 2.45) is 0 Å². The smallest absolute Gasteiger partial charge is 0.289 e. The lowest BCUT2D eigenvalue weighted by Crippen LogP contribution is -2.34. The van der Waals surface area contributed by atoms with Crippen LogP contribution in [0.15, 0.2) is 34.9 Å². The molecule has 0 aliphatic carbocycles. The lowest BCUT2D eigenvalue weighted by molar-refractivity contribution is 0.0900. The molecule has 0 radical (unpaired) electrons. The van der Waals surface area contributed by atoms with Gasteiger partial charge in [-0.2, -0.15) is 0 Å². The zero-order valence-corrected chi connectivity index (χ0v) is 17.1. The number of nitrogens with zero attached hydrogens (tertiary/aromatic N) is 2. The van der Waals surface area contributed by atoms with E-state index in [1.54, 1.807) is 13.2 Å². The normalized spacial score (nSPS) is 17.8. The number of hydrogen-bond donors (Lipinski definition) is 1. The van der Waals surface area contributed by atoms with Crippen LogP contribution in [0.2, 0.25) is 0 Å². The van der Waals surface area contributed by atoms with Gasteiger partial charge in [-0.25, -0.2) is 0 Å². The topological polar surface area (TPSA) is 67.6 Å². The Morgan fingerprint density at radius 2 is 2.14 bits per heavy atom. The van der Waals surface area contributed by atoms with Crippen LogP contribution in [0.3, 0.4) is 0 Å². The lowest BCUT2D eigenvalue weighted by Gasteiger charge is -2.31. The molecule has 1 aliphatic rings. The Labute approximate surface area is 167 Å². The first kappa shape index (κ1) is 20.6. The predicted molar refractivity (Wildman–Crippen MR) is 108 cm³/mol. The van der Waals surface area contributed by atoms with Crippen LogP contribution in [0.5, 0.6) is 0 Å². The molecular formula is C22H31N3O3. The first-order chi connectivity index (χ1) is 13.6. The van der Waals surface area contributed by atoms with Crippen molar-refractivity contribution in [1.82, 2.24) is 15.4 Å². The summed E-state index contributed by atoms with van der Waals surface area (Å²) < 4.78 is 10.2. The summed E-state index contributed by atoms with van der Waals surface area (Å²) in [6, 6.07) is 10.7. The van der Waals surface area contributed by atoms with E-state index in [1.165, 1.54) is 11.1 Å². The van der Waals surface area contributed by atoms with Crippen molar-refractivity contribution < 1.29 is 14.1 Å². The van der Waals surface area contributed by atoms with E-state index in [-0.39, 0.29) is 11.7 Å². The van der Waals surface area contributed by atoms with Crippen LogP contribution in [0.25, 0.3) is 0 Å². The highest BCUT2D eigenvalue weighted by molar-refractivity contribution is 5.91. The van der Waals surface area contributed by atoms with Crippen molar-refractivity contribution >= 4 is 5.91 Å². The second-order valence-electron chi connectivity index (χ2n) is 7.84. The molecule has 152 valence electrons.